The number of halogens is 2. The summed E-state index contributed by atoms with van der Waals surface area (Å²) in [6.07, 6.45) is 0. The predicted octanol–water partition coefficient (Wildman–Crippen LogP) is 2.52. The van der Waals surface area contributed by atoms with Crippen molar-refractivity contribution >= 4 is 37.5 Å². The van der Waals surface area contributed by atoms with Gasteiger partial charge in [-0.2, -0.15) is 0 Å². The van der Waals surface area contributed by atoms with Gasteiger partial charge >= 0.3 is 0 Å². The van der Waals surface area contributed by atoms with Crippen molar-refractivity contribution in [2.45, 2.75) is 0 Å². The molecule has 0 amide bonds. The van der Waals surface area contributed by atoms with Crippen molar-refractivity contribution in [3.63, 3.8) is 0 Å². The first kappa shape index (κ1) is 9.03. The summed E-state index contributed by atoms with van der Waals surface area (Å²) in [6.45, 7) is 0. The van der Waals surface area contributed by atoms with Crippen molar-refractivity contribution in [2.75, 3.05) is 12.1 Å². The minimum absolute atomic E-state index is 0.964. The summed E-state index contributed by atoms with van der Waals surface area (Å²) in [6, 6.07) is 5.86. The molecular formula is C7H8Br2N2. The molecule has 0 aliphatic carbocycles. The van der Waals surface area contributed by atoms with E-state index in [0.29, 0.717) is 0 Å². The fraction of sp³-hybridized carbons (Fsp3) is 0.143. The smallest absolute Gasteiger partial charge is 0.0536 e. The van der Waals surface area contributed by atoms with E-state index < -0.39 is 0 Å². The predicted molar refractivity (Wildman–Crippen MR) is 54.4 cm³/mol. The fourth-order valence-electron chi connectivity index (χ4n) is 0.743. The number of anilines is 1. The Morgan fingerprint density at radius 1 is 1.18 bits per heavy atom. The van der Waals surface area contributed by atoms with Crippen LogP contribution in [0.5, 0.6) is 0 Å². The molecule has 2 nitrogen and oxygen atoms in total. The maximum absolute atomic E-state index is 5.54. The van der Waals surface area contributed by atoms with Crippen LogP contribution in [0.25, 0.3) is 0 Å². The Hall–Kier alpha value is -0.0600. The Morgan fingerprint density at radius 3 is 2.00 bits per heavy atom. The van der Waals surface area contributed by atoms with Crippen LogP contribution in [0.2, 0.25) is 0 Å². The van der Waals surface area contributed by atoms with Crippen LogP contribution in [0.4, 0.5) is 5.69 Å². The molecule has 0 aliphatic heterocycles. The minimum Gasteiger partial charge on any atom is -0.314 e. The molecular weight excluding hydrogens is 272 g/mol. The molecule has 0 atom stereocenters. The lowest BCUT2D eigenvalue weighted by molar-refractivity contribution is 1.02. The van der Waals surface area contributed by atoms with Crippen molar-refractivity contribution in [2.24, 2.45) is 5.84 Å². The van der Waals surface area contributed by atoms with Crippen LogP contribution in [-0.4, -0.2) is 7.05 Å². The third kappa shape index (κ3) is 2.47. The second-order valence-electron chi connectivity index (χ2n) is 2.24. The molecule has 1 aromatic carbocycles. The molecule has 60 valence electrons. The molecule has 2 N–H and O–H groups in total. The van der Waals surface area contributed by atoms with Crippen LogP contribution >= 0.6 is 31.9 Å². The number of nitrogens with zero attached hydrogens (tertiary/aromatic N) is 1. The lowest BCUT2D eigenvalue weighted by Gasteiger charge is -2.12. The van der Waals surface area contributed by atoms with Crippen molar-refractivity contribution < 1.29 is 0 Å². The number of benzene rings is 1. The van der Waals surface area contributed by atoms with Gasteiger partial charge in [-0.05, 0) is 18.2 Å². The highest BCUT2D eigenvalue weighted by molar-refractivity contribution is 9.11. The molecule has 0 heterocycles. The molecule has 0 saturated carbocycles. The number of hydrogen-bond acceptors (Lipinski definition) is 2. The lowest BCUT2D eigenvalue weighted by atomic mass is 10.3. The van der Waals surface area contributed by atoms with E-state index in [0.717, 1.165) is 14.6 Å². The first-order chi connectivity index (χ1) is 5.09. The number of hydrazine groups is 1. The summed E-state index contributed by atoms with van der Waals surface area (Å²) in [4.78, 5) is 0. The van der Waals surface area contributed by atoms with E-state index in [1.807, 2.05) is 18.2 Å². The largest absolute Gasteiger partial charge is 0.314 e. The second-order valence-corrected chi connectivity index (χ2v) is 4.07. The summed E-state index contributed by atoms with van der Waals surface area (Å²) in [5.41, 5.74) is 0.964. The van der Waals surface area contributed by atoms with E-state index in [1.54, 1.807) is 12.1 Å². The van der Waals surface area contributed by atoms with Crippen molar-refractivity contribution in [3.05, 3.63) is 27.1 Å². The Morgan fingerprint density at radius 2 is 1.64 bits per heavy atom. The molecule has 0 aliphatic rings. The van der Waals surface area contributed by atoms with Crippen LogP contribution in [-0.2, 0) is 0 Å². The zero-order chi connectivity index (χ0) is 8.43. The summed E-state index contributed by atoms with van der Waals surface area (Å²) in [5, 5.41) is 1.56. The standard InChI is InChI=1S/C7H8Br2N2/c1-11(10)7-3-5(8)2-6(9)4-7/h2-4H,10H2,1H3. The Bertz CT molecular complexity index is 240. The topological polar surface area (TPSA) is 29.3 Å². The van der Waals surface area contributed by atoms with Gasteiger partial charge in [0.2, 0.25) is 0 Å². The molecule has 0 bridgehead atoms. The maximum Gasteiger partial charge on any atom is 0.0536 e. The highest BCUT2D eigenvalue weighted by Crippen LogP contribution is 2.23. The zero-order valence-corrected chi connectivity index (χ0v) is 9.18. The second kappa shape index (κ2) is 3.56. The molecule has 0 unspecified atom stereocenters. The third-order valence-electron chi connectivity index (χ3n) is 1.25. The van der Waals surface area contributed by atoms with Gasteiger partial charge in [0.1, 0.15) is 0 Å². The first-order valence-corrected chi connectivity index (χ1v) is 4.63. The molecule has 11 heavy (non-hydrogen) atoms. The van der Waals surface area contributed by atoms with Crippen LogP contribution < -0.4 is 10.9 Å². The van der Waals surface area contributed by atoms with E-state index in [2.05, 4.69) is 31.9 Å². The fourth-order valence-corrected chi connectivity index (χ4v) is 2.01. The normalized spacial score (nSPS) is 9.82. The number of rotatable bonds is 1. The molecule has 1 rings (SSSR count). The molecule has 1 aromatic rings. The van der Waals surface area contributed by atoms with Crippen LogP contribution in [0, 0.1) is 0 Å². The van der Waals surface area contributed by atoms with Crippen LogP contribution in [0.1, 0.15) is 0 Å². The number of nitrogens with two attached hydrogens (primary N) is 1. The average molecular weight is 280 g/mol. The monoisotopic (exact) mass is 278 g/mol. The van der Waals surface area contributed by atoms with E-state index in [4.69, 9.17) is 5.84 Å². The van der Waals surface area contributed by atoms with E-state index in [-0.39, 0.29) is 0 Å². The Labute approximate surface area is 82.6 Å². The zero-order valence-electron chi connectivity index (χ0n) is 6.01. The van der Waals surface area contributed by atoms with Crippen molar-refractivity contribution in [1.82, 2.24) is 0 Å². The average Bonchev–Trinajstić information content (AvgIpc) is 1.85. The highest BCUT2D eigenvalue weighted by atomic mass is 79.9. The summed E-state index contributed by atoms with van der Waals surface area (Å²) >= 11 is 6.74. The molecule has 0 spiro atoms. The van der Waals surface area contributed by atoms with E-state index >= 15 is 0 Å². The molecule has 0 radical (unpaired) electrons. The Kier molecular flexibility index (Phi) is 2.92. The third-order valence-corrected chi connectivity index (χ3v) is 2.17. The highest BCUT2D eigenvalue weighted by Gasteiger charge is 1.98. The van der Waals surface area contributed by atoms with E-state index in [9.17, 15) is 0 Å². The van der Waals surface area contributed by atoms with Crippen molar-refractivity contribution in [1.29, 1.82) is 0 Å². The molecule has 0 fully saturated rings. The van der Waals surface area contributed by atoms with Gasteiger partial charge in [-0.25, -0.2) is 5.84 Å². The first-order valence-electron chi connectivity index (χ1n) is 3.04. The maximum atomic E-state index is 5.54. The van der Waals surface area contributed by atoms with E-state index in [1.165, 1.54) is 0 Å². The van der Waals surface area contributed by atoms with Gasteiger partial charge in [0.25, 0.3) is 0 Å². The van der Waals surface area contributed by atoms with Gasteiger partial charge in [0.15, 0.2) is 0 Å². The summed E-state index contributed by atoms with van der Waals surface area (Å²) in [5.74, 6) is 5.54. The quantitative estimate of drug-likeness (QED) is 0.632. The van der Waals surface area contributed by atoms with Gasteiger partial charge in [0, 0.05) is 16.0 Å². The molecule has 0 saturated heterocycles. The molecule has 4 heteroatoms. The SMILES string of the molecule is CN(N)c1cc(Br)cc(Br)c1. The van der Waals surface area contributed by atoms with Gasteiger partial charge < -0.3 is 5.01 Å². The van der Waals surface area contributed by atoms with Gasteiger partial charge in [-0.15, -0.1) is 0 Å². The van der Waals surface area contributed by atoms with Crippen LogP contribution in [0.15, 0.2) is 27.1 Å². The van der Waals surface area contributed by atoms with Crippen LogP contribution in [0.3, 0.4) is 0 Å². The minimum atomic E-state index is 0.964. The lowest BCUT2D eigenvalue weighted by Crippen LogP contribution is -2.24. The van der Waals surface area contributed by atoms with Gasteiger partial charge in [-0.1, -0.05) is 31.9 Å². The summed E-state index contributed by atoms with van der Waals surface area (Å²) < 4.78 is 2.03. The Balaban J connectivity index is 3.08. The van der Waals surface area contributed by atoms with Crippen molar-refractivity contribution in [3.8, 4) is 0 Å². The van der Waals surface area contributed by atoms with Gasteiger partial charge in [-0.3, -0.25) is 0 Å². The number of hydrogen-bond donors (Lipinski definition) is 1. The summed E-state index contributed by atoms with van der Waals surface area (Å²) in [7, 11) is 1.80. The molecule has 0 aromatic heterocycles. The van der Waals surface area contributed by atoms with Gasteiger partial charge in [0.05, 0.1) is 5.69 Å².